The van der Waals surface area contributed by atoms with Gasteiger partial charge in [0.05, 0.1) is 19.3 Å². The molecule has 0 bridgehead atoms. The fourth-order valence-electron chi connectivity index (χ4n) is 3.17. The standard InChI is InChI=1S/C15H28O10/c1-5(2)13-10(20)11(21)14(7(4-17)23-13)25-15-12(22)9(19)8(18)6(3-16)24-15/h5-22H,3-4H2,1-2H3/t6-,7-,8+,9+,10-,11-,12-,13?,14-,15+/m1/s1. The molecule has 0 radical (unpaired) electrons. The van der Waals surface area contributed by atoms with E-state index in [-0.39, 0.29) is 5.92 Å². The van der Waals surface area contributed by atoms with Crippen molar-refractivity contribution in [2.75, 3.05) is 13.2 Å². The Morgan fingerprint density at radius 1 is 0.760 bits per heavy atom. The van der Waals surface area contributed by atoms with Crippen LogP contribution >= 0.6 is 0 Å². The Morgan fingerprint density at radius 2 is 1.36 bits per heavy atom. The number of ether oxygens (including phenoxy) is 3. The van der Waals surface area contributed by atoms with Gasteiger partial charge in [0, 0.05) is 0 Å². The van der Waals surface area contributed by atoms with Crippen LogP contribution in [0.3, 0.4) is 0 Å². The quantitative estimate of drug-likeness (QED) is 0.256. The SMILES string of the molecule is CC(C)C1O[C@H](CO)[C@@H](O[C@@H]2O[C@H](CO)[C@H](O)[C@H](O)[C@H]2O)[C@H](O)[C@H]1O. The second-order valence-corrected chi connectivity index (χ2v) is 6.84. The third-order valence-electron chi connectivity index (χ3n) is 4.70. The zero-order valence-electron chi connectivity index (χ0n) is 14.1. The van der Waals surface area contributed by atoms with Gasteiger partial charge in [-0.15, -0.1) is 0 Å². The minimum atomic E-state index is -1.66. The smallest absolute Gasteiger partial charge is 0.187 e. The van der Waals surface area contributed by atoms with Crippen molar-refractivity contribution in [1.82, 2.24) is 0 Å². The van der Waals surface area contributed by atoms with E-state index in [0.29, 0.717) is 0 Å². The Kier molecular flexibility index (Phi) is 7.13. The van der Waals surface area contributed by atoms with E-state index in [0.717, 1.165) is 0 Å². The zero-order valence-corrected chi connectivity index (χ0v) is 14.1. The number of hydrogen-bond donors (Lipinski definition) is 7. The first-order valence-electron chi connectivity index (χ1n) is 8.31. The monoisotopic (exact) mass is 368 g/mol. The number of hydrogen-bond acceptors (Lipinski definition) is 10. The maximum Gasteiger partial charge on any atom is 0.187 e. The molecular weight excluding hydrogens is 340 g/mol. The lowest BCUT2D eigenvalue weighted by Gasteiger charge is -2.47. The molecule has 2 aliphatic heterocycles. The summed E-state index contributed by atoms with van der Waals surface area (Å²) in [6.45, 7) is 2.42. The van der Waals surface area contributed by atoms with Gasteiger partial charge < -0.3 is 50.0 Å². The maximum atomic E-state index is 10.4. The van der Waals surface area contributed by atoms with Crippen molar-refractivity contribution >= 4 is 0 Å². The van der Waals surface area contributed by atoms with Crippen LogP contribution < -0.4 is 0 Å². The first-order valence-corrected chi connectivity index (χ1v) is 8.31. The summed E-state index contributed by atoms with van der Waals surface area (Å²) in [5.41, 5.74) is 0. The van der Waals surface area contributed by atoms with Gasteiger partial charge in [-0.2, -0.15) is 0 Å². The molecule has 0 aliphatic carbocycles. The molecular formula is C15H28O10. The summed E-state index contributed by atoms with van der Waals surface area (Å²) in [6, 6.07) is 0. The van der Waals surface area contributed by atoms with Crippen molar-refractivity contribution in [3.8, 4) is 0 Å². The minimum Gasteiger partial charge on any atom is -0.394 e. The molecule has 0 aromatic heterocycles. The normalized spacial score (nSPS) is 48.7. The van der Waals surface area contributed by atoms with Crippen LogP contribution in [-0.4, -0.2) is 110 Å². The van der Waals surface area contributed by atoms with Gasteiger partial charge >= 0.3 is 0 Å². The first kappa shape index (κ1) is 20.9. The number of aliphatic hydroxyl groups is 7. The summed E-state index contributed by atoms with van der Waals surface area (Å²) in [4.78, 5) is 0. The summed E-state index contributed by atoms with van der Waals surface area (Å²) in [5, 5.41) is 68.8. The fraction of sp³-hybridized carbons (Fsp3) is 1.00. The molecule has 2 rings (SSSR count). The molecule has 7 N–H and O–H groups in total. The lowest BCUT2D eigenvalue weighted by atomic mass is 9.89. The Morgan fingerprint density at radius 3 is 1.88 bits per heavy atom. The molecule has 2 heterocycles. The highest BCUT2D eigenvalue weighted by molar-refractivity contribution is 4.96. The maximum absolute atomic E-state index is 10.4. The third kappa shape index (κ3) is 4.14. The van der Waals surface area contributed by atoms with Crippen LogP contribution in [-0.2, 0) is 14.2 Å². The van der Waals surface area contributed by atoms with E-state index in [1.807, 2.05) is 0 Å². The largest absolute Gasteiger partial charge is 0.394 e. The van der Waals surface area contributed by atoms with Gasteiger partial charge in [0.1, 0.15) is 48.8 Å². The number of rotatable bonds is 5. The van der Waals surface area contributed by atoms with Crippen LogP contribution in [0.1, 0.15) is 13.8 Å². The average Bonchev–Trinajstić information content (AvgIpc) is 2.58. The summed E-state index contributed by atoms with van der Waals surface area (Å²) in [6.07, 6.45) is -13.2. The van der Waals surface area contributed by atoms with Crippen LogP contribution in [0, 0.1) is 5.92 Å². The molecule has 0 aromatic rings. The van der Waals surface area contributed by atoms with E-state index in [1.165, 1.54) is 0 Å². The Bertz CT molecular complexity index is 417. The van der Waals surface area contributed by atoms with Crippen molar-refractivity contribution in [2.24, 2.45) is 5.92 Å². The molecule has 0 saturated carbocycles. The Labute approximate surface area is 145 Å². The fourth-order valence-corrected chi connectivity index (χ4v) is 3.17. The molecule has 2 saturated heterocycles. The van der Waals surface area contributed by atoms with Crippen molar-refractivity contribution < 1.29 is 50.0 Å². The van der Waals surface area contributed by atoms with Gasteiger partial charge in [0.15, 0.2) is 6.29 Å². The van der Waals surface area contributed by atoms with Gasteiger partial charge in [0.2, 0.25) is 0 Å². The Hall–Kier alpha value is -0.400. The zero-order chi connectivity index (χ0) is 18.9. The van der Waals surface area contributed by atoms with Gasteiger partial charge in [-0.25, -0.2) is 0 Å². The van der Waals surface area contributed by atoms with Crippen LogP contribution in [0.25, 0.3) is 0 Å². The van der Waals surface area contributed by atoms with Gasteiger partial charge in [0.25, 0.3) is 0 Å². The van der Waals surface area contributed by atoms with Crippen LogP contribution in [0.2, 0.25) is 0 Å². The van der Waals surface area contributed by atoms with Gasteiger partial charge in [-0.3, -0.25) is 0 Å². The highest BCUT2D eigenvalue weighted by Crippen LogP contribution is 2.31. The lowest BCUT2D eigenvalue weighted by Crippen LogP contribution is -2.65. The first-order chi connectivity index (χ1) is 11.7. The van der Waals surface area contributed by atoms with Crippen LogP contribution in [0.15, 0.2) is 0 Å². The van der Waals surface area contributed by atoms with E-state index < -0.39 is 74.4 Å². The third-order valence-corrected chi connectivity index (χ3v) is 4.70. The van der Waals surface area contributed by atoms with E-state index in [1.54, 1.807) is 13.8 Å². The average molecular weight is 368 g/mol. The van der Waals surface area contributed by atoms with Crippen molar-refractivity contribution in [3.05, 3.63) is 0 Å². The molecule has 0 amide bonds. The van der Waals surface area contributed by atoms with Gasteiger partial charge in [-0.1, -0.05) is 13.8 Å². The highest BCUT2D eigenvalue weighted by Gasteiger charge is 2.50. The molecule has 2 fully saturated rings. The van der Waals surface area contributed by atoms with Crippen molar-refractivity contribution in [3.63, 3.8) is 0 Å². The topological polar surface area (TPSA) is 169 Å². The van der Waals surface area contributed by atoms with Crippen LogP contribution in [0.5, 0.6) is 0 Å². The molecule has 148 valence electrons. The molecule has 0 spiro atoms. The predicted octanol–water partition coefficient (Wildman–Crippen LogP) is -3.69. The van der Waals surface area contributed by atoms with E-state index in [2.05, 4.69) is 0 Å². The highest BCUT2D eigenvalue weighted by atomic mass is 16.7. The predicted molar refractivity (Wildman–Crippen MR) is 81.2 cm³/mol. The molecule has 2 aliphatic rings. The van der Waals surface area contributed by atoms with E-state index in [4.69, 9.17) is 14.2 Å². The summed E-state index contributed by atoms with van der Waals surface area (Å²) >= 11 is 0. The molecule has 10 heteroatoms. The lowest BCUT2D eigenvalue weighted by molar-refractivity contribution is -0.343. The number of aliphatic hydroxyl groups excluding tert-OH is 7. The van der Waals surface area contributed by atoms with Crippen molar-refractivity contribution in [2.45, 2.75) is 75.1 Å². The molecule has 0 aromatic carbocycles. The summed E-state index contributed by atoms with van der Waals surface area (Å²) < 4.78 is 16.3. The van der Waals surface area contributed by atoms with Crippen LogP contribution in [0.4, 0.5) is 0 Å². The minimum absolute atomic E-state index is 0.132. The van der Waals surface area contributed by atoms with E-state index in [9.17, 15) is 35.7 Å². The molecule has 10 nitrogen and oxygen atoms in total. The molecule has 1 unspecified atom stereocenters. The molecule has 10 atom stereocenters. The second kappa shape index (κ2) is 8.53. The summed E-state index contributed by atoms with van der Waals surface area (Å²) in [7, 11) is 0. The summed E-state index contributed by atoms with van der Waals surface area (Å²) in [5.74, 6) is -0.132. The van der Waals surface area contributed by atoms with Crippen molar-refractivity contribution in [1.29, 1.82) is 0 Å². The van der Waals surface area contributed by atoms with Gasteiger partial charge in [-0.05, 0) is 5.92 Å². The Balaban J connectivity index is 2.14. The van der Waals surface area contributed by atoms with E-state index >= 15 is 0 Å². The second-order valence-electron chi connectivity index (χ2n) is 6.84. The molecule has 25 heavy (non-hydrogen) atoms.